The van der Waals surface area contributed by atoms with E-state index >= 15 is 0 Å². The van der Waals surface area contributed by atoms with E-state index in [1.165, 1.54) is 148 Å². The molecule has 0 aliphatic heterocycles. The van der Waals surface area contributed by atoms with Crippen LogP contribution in [-0.2, 0) is 32.7 Å². The molecular formula is C87H144NO8P. The summed E-state index contributed by atoms with van der Waals surface area (Å²) in [5, 5.41) is 0. The van der Waals surface area contributed by atoms with Gasteiger partial charge in [0.15, 0.2) is 6.10 Å². The van der Waals surface area contributed by atoms with Crippen molar-refractivity contribution in [1.82, 2.24) is 0 Å². The third kappa shape index (κ3) is 80.0. The fourth-order valence-corrected chi connectivity index (χ4v) is 11.3. The molecule has 97 heavy (non-hydrogen) atoms. The predicted molar refractivity (Wildman–Crippen MR) is 422 cm³/mol. The molecule has 0 spiro atoms. The minimum Gasteiger partial charge on any atom is -0.462 e. The molecule has 0 radical (unpaired) electrons. The molecule has 0 saturated heterocycles. The molecule has 9 nitrogen and oxygen atoms in total. The largest absolute Gasteiger partial charge is 0.472 e. The Morgan fingerprint density at radius 1 is 0.309 bits per heavy atom. The molecular weight excluding hydrogens is 1220 g/mol. The lowest BCUT2D eigenvalue weighted by molar-refractivity contribution is -0.161. The maximum Gasteiger partial charge on any atom is 0.472 e. The molecule has 0 saturated carbocycles. The summed E-state index contributed by atoms with van der Waals surface area (Å²) in [4.78, 5) is 35.5. The van der Waals surface area contributed by atoms with Crippen molar-refractivity contribution in [1.29, 1.82) is 0 Å². The van der Waals surface area contributed by atoms with Crippen LogP contribution in [0.5, 0.6) is 0 Å². The number of allylic oxidation sites excluding steroid dienone is 30. The fraction of sp³-hybridized carbons (Fsp3) is 0.632. The summed E-state index contributed by atoms with van der Waals surface area (Å²) in [5.41, 5.74) is 5.41. The van der Waals surface area contributed by atoms with E-state index in [2.05, 4.69) is 196 Å². The summed E-state index contributed by atoms with van der Waals surface area (Å²) in [6.45, 7) is 3.52. The minimum atomic E-state index is -4.41. The molecule has 0 amide bonds. The van der Waals surface area contributed by atoms with Gasteiger partial charge in [0.1, 0.15) is 6.61 Å². The third-order valence-electron chi connectivity index (χ3n) is 16.3. The molecule has 0 aliphatic carbocycles. The van der Waals surface area contributed by atoms with Gasteiger partial charge in [-0.25, -0.2) is 4.57 Å². The van der Waals surface area contributed by atoms with Crippen molar-refractivity contribution in [3.05, 3.63) is 182 Å². The lowest BCUT2D eigenvalue weighted by atomic mass is 10.0. The molecule has 0 aromatic rings. The minimum absolute atomic E-state index is 0.0458. The van der Waals surface area contributed by atoms with Crippen molar-refractivity contribution in [2.24, 2.45) is 5.73 Å². The second-order valence-electron chi connectivity index (χ2n) is 25.5. The smallest absolute Gasteiger partial charge is 0.462 e. The van der Waals surface area contributed by atoms with E-state index in [1.807, 2.05) is 0 Å². The Hall–Kier alpha value is -4.89. The molecule has 550 valence electrons. The highest BCUT2D eigenvalue weighted by Crippen LogP contribution is 2.43. The molecule has 10 heteroatoms. The monoisotopic (exact) mass is 1360 g/mol. The van der Waals surface area contributed by atoms with Crippen LogP contribution in [0, 0.1) is 0 Å². The summed E-state index contributed by atoms with van der Waals surface area (Å²) in [5.74, 6) is -0.834. The Balaban J connectivity index is 3.89. The predicted octanol–water partition coefficient (Wildman–Crippen LogP) is 26.6. The van der Waals surface area contributed by atoms with Crippen LogP contribution in [0.1, 0.15) is 322 Å². The van der Waals surface area contributed by atoms with Crippen LogP contribution in [0.4, 0.5) is 0 Å². The van der Waals surface area contributed by atoms with Crippen molar-refractivity contribution >= 4 is 19.8 Å². The molecule has 0 aromatic carbocycles. The van der Waals surface area contributed by atoms with Gasteiger partial charge in [0.2, 0.25) is 0 Å². The zero-order chi connectivity index (χ0) is 70.0. The molecule has 0 fully saturated rings. The lowest BCUT2D eigenvalue weighted by Gasteiger charge is -2.19. The van der Waals surface area contributed by atoms with Crippen LogP contribution >= 0.6 is 7.82 Å². The van der Waals surface area contributed by atoms with Crippen molar-refractivity contribution < 1.29 is 37.6 Å². The first-order valence-electron chi connectivity index (χ1n) is 39.3. The van der Waals surface area contributed by atoms with E-state index in [-0.39, 0.29) is 38.6 Å². The molecule has 2 atom stereocenters. The summed E-state index contributed by atoms with van der Waals surface area (Å²) in [6.07, 6.45) is 120. The molecule has 0 aliphatic rings. The average molecular weight is 1360 g/mol. The highest BCUT2D eigenvalue weighted by atomic mass is 31.2. The topological polar surface area (TPSA) is 134 Å². The van der Waals surface area contributed by atoms with Gasteiger partial charge in [0.25, 0.3) is 0 Å². The summed E-state index contributed by atoms with van der Waals surface area (Å²) in [7, 11) is -4.41. The fourth-order valence-electron chi connectivity index (χ4n) is 10.6. The van der Waals surface area contributed by atoms with E-state index in [4.69, 9.17) is 24.3 Å². The maximum absolute atomic E-state index is 12.8. The van der Waals surface area contributed by atoms with E-state index in [0.29, 0.717) is 6.42 Å². The number of ether oxygens (including phenoxy) is 2. The highest BCUT2D eigenvalue weighted by Gasteiger charge is 2.26. The van der Waals surface area contributed by atoms with Gasteiger partial charge in [-0.1, -0.05) is 357 Å². The van der Waals surface area contributed by atoms with Crippen LogP contribution in [0.3, 0.4) is 0 Å². The van der Waals surface area contributed by atoms with Gasteiger partial charge < -0.3 is 20.1 Å². The standard InChI is InChI=1S/C87H144NO8P/c1-3-5-7-9-11-13-15-17-19-21-23-25-27-29-31-33-35-37-39-41-42-44-45-47-49-51-53-55-57-59-61-63-65-67-69-71-73-75-77-79-86(89)93-83-85(84-95-97(91,92)94-82-81-88)96-87(90)80-78-76-74-72-70-68-66-64-62-60-58-56-54-52-50-48-46-43-40-38-36-34-32-30-28-26-24-22-20-18-16-14-12-10-8-6-4-2/h5-8,11-14,17-20,23-26,29-32,35-38,43,46,50,52,56,58,85H,3-4,9-10,15-16,21-22,27-28,33-34,39-42,44-45,47-49,51,53-55,57,59-84,88H2,1-2H3,(H,91,92)/b7-5-,8-6-,13-11-,14-12-,19-17-,20-18-,25-23-,26-24-,31-29-,32-30-,37-35-,38-36-,46-43-,52-50-,58-56-. The zero-order valence-electron chi connectivity index (χ0n) is 62.0. The van der Waals surface area contributed by atoms with Gasteiger partial charge >= 0.3 is 19.8 Å². The van der Waals surface area contributed by atoms with Gasteiger partial charge in [0, 0.05) is 19.4 Å². The Morgan fingerprint density at radius 3 is 0.794 bits per heavy atom. The number of unbranched alkanes of at least 4 members (excludes halogenated alkanes) is 29. The second-order valence-corrected chi connectivity index (χ2v) is 26.9. The van der Waals surface area contributed by atoms with Crippen LogP contribution in [0.15, 0.2) is 182 Å². The van der Waals surface area contributed by atoms with E-state index in [0.717, 1.165) is 141 Å². The SMILES string of the molecule is CC/C=C\C/C=C\C/C=C\C/C=C\C/C=C\C/C=C\C/C=C\C/C=C\C/C=C\CCCCCCCCCCCC(=O)OC(COC(=O)CCCCCCCCCCCCCCCCCCCCCC/C=C\C/C=C\C/C=C\C/C=C\C/C=C\C/C=C\CC)COP(=O)(O)OCCN. The molecule has 0 aromatic heterocycles. The maximum atomic E-state index is 12.8. The molecule has 2 unspecified atom stereocenters. The third-order valence-corrected chi connectivity index (χ3v) is 17.3. The van der Waals surface area contributed by atoms with Gasteiger partial charge in [-0.3, -0.25) is 18.6 Å². The Labute approximate surface area is 596 Å². The van der Waals surface area contributed by atoms with E-state index in [9.17, 15) is 19.0 Å². The molecule has 0 heterocycles. The van der Waals surface area contributed by atoms with Crippen LogP contribution in [0.2, 0.25) is 0 Å². The molecule has 0 bridgehead atoms. The van der Waals surface area contributed by atoms with Gasteiger partial charge in [-0.15, -0.1) is 0 Å². The van der Waals surface area contributed by atoms with Crippen molar-refractivity contribution in [2.45, 2.75) is 328 Å². The van der Waals surface area contributed by atoms with Gasteiger partial charge in [0.05, 0.1) is 13.2 Å². The first kappa shape index (κ1) is 92.1. The van der Waals surface area contributed by atoms with E-state index in [1.54, 1.807) is 0 Å². The van der Waals surface area contributed by atoms with E-state index < -0.39 is 26.5 Å². The summed E-state index contributed by atoms with van der Waals surface area (Å²) < 4.78 is 33.3. The Morgan fingerprint density at radius 2 is 0.536 bits per heavy atom. The molecule has 0 rings (SSSR count). The average Bonchev–Trinajstić information content (AvgIpc) is 2.17. The summed E-state index contributed by atoms with van der Waals surface area (Å²) in [6, 6.07) is 0. The van der Waals surface area contributed by atoms with Crippen LogP contribution < -0.4 is 5.73 Å². The van der Waals surface area contributed by atoms with Crippen molar-refractivity contribution in [3.8, 4) is 0 Å². The van der Waals surface area contributed by atoms with Gasteiger partial charge in [-0.05, 0) is 135 Å². The normalized spacial score (nSPS) is 13.9. The van der Waals surface area contributed by atoms with Crippen molar-refractivity contribution in [2.75, 3.05) is 26.4 Å². The summed E-state index contributed by atoms with van der Waals surface area (Å²) >= 11 is 0. The number of esters is 2. The number of carbonyl (C=O) groups is 2. The number of hydrogen-bond acceptors (Lipinski definition) is 8. The first-order chi connectivity index (χ1) is 47.8. The lowest BCUT2D eigenvalue weighted by Crippen LogP contribution is -2.29. The molecule has 3 N–H and O–H groups in total. The van der Waals surface area contributed by atoms with Crippen molar-refractivity contribution in [3.63, 3.8) is 0 Å². The highest BCUT2D eigenvalue weighted by molar-refractivity contribution is 7.47. The Kier molecular flexibility index (Phi) is 76.1. The number of phosphoric ester groups is 1. The van der Waals surface area contributed by atoms with Gasteiger partial charge in [-0.2, -0.15) is 0 Å². The number of rotatable bonds is 72. The first-order valence-corrected chi connectivity index (χ1v) is 40.8. The van der Waals surface area contributed by atoms with Crippen LogP contribution in [-0.4, -0.2) is 49.3 Å². The number of phosphoric acid groups is 1. The number of carbonyl (C=O) groups excluding carboxylic acids is 2. The Bertz CT molecular complexity index is 2250. The number of hydrogen-bond donors (Lipinski definition) is 2. The zero-order valence-corrected chi connectivity index (χ0v) is 62.9. The quantitative estimate of drug-likeness (QED) is 0.0264. The van der Waals surface area contributed by atoms with Crippen LogP contribution in [0.25, 0.3) is 0 Å². The number of nitrogens with two attached hydrogens (primary N) is 1. The second kappa shape index (κ2) is 80.1.